The lowest BCUT2D eigenvalue weighted by Crippen LogP contribution is -2.39. The number of amides is 2. The highest BCUT2D eigenvalue weighted by Gasteiger charge is 2.16. The van der Waals surface area contributed by atoms with Gasteiger partial charge in [-0.25, -0.2) is 0 Å². The molecule has 1 aromatic heterocycles. The summed E-state index contributed by atoms with van der Waals surface area (Å²) in [6.45, 7) is 1.20. The highest BCUT2D eigenvalue weighted by atomic mass is 32.1. The van der Waals surface area contributed by atoms with Crippen LogP contribution in [-0.2, 0) is 16.0 Å². The Balaban J connectivity index is 2.44. The van der Waals surface area contributed by atoms with Gasteiger partial charge in [0.2, 0.25) is 5.91 Å². The third-order valence-electron chi connectivity index (χ3n) is 2.10. The van der Waals surface area contributed by atoms with Crippen LogP contribution in [0.5, 0.6) is 0 Å². The summed E-state index contributed by atoms with van der Waals surface area (Å²) in [5.41, 5.74) is 0.607. The molecule has 0 saturated carbocycles. The van der Waals surface area contributed by atoms with Crippen LogP contribution in [0.4, 0.5) is 0 Å². The van der Waals surface area contributed by atoms with E-state index in [2.05, 4.69) is 20.2 Å². The minimum Gasteiger partial charge on any atom is -0.480 e. The van der Waals surface area contributed by atoms with Gasteiger partial charge in [-0.1, -0.05) is 17.8 Å². The average Bonchev–Trinajstić information content (AvgIpc) is 2.82. The van der Waals surface area contributed by atoms with Gasteiger partial charge in [0.1, 0.15) is 11.4 Å². The molecule has 3 N–H and O–H groups in total. The number of aryl methyl sites for hydroxylation is 1. The van der Waals surface area contributed by atoms with Gasteiger partial charge in [-0.15, -0.1) is 5.10 Å². The standard InChI is InChI=1S/C10H14N4O4S/c1-2-3-6-9(19-14-13-6)10(18)12-4-7(15)11-5-8(16)17/h2-5H2,1H3,(H,11,15)(H,12,18)(H,16,17). The average molecular weight is 286 g/mol. The topological polar surface area (TPSA) is 121 Å². The quantitative estimate of drug-likeness (QED) is 0.616. The van der Waals surface area contributed by atoms with Crippen LogP contribution in [0.3, 0.4) is 0 Å². The molecule has 1 aromatic rings. The Kier molecular flexibility index (Phi) is 5.86. The van der Waals surface area contributed by atoms with E-state index in [4.69, 9.17) is 5.11 Å². The maximum Gasteiger partial charge on any atom is 0.322 e. The molecule has 0 unspecified atom stereocenters. The minimum atomic E-state index is -1.14. The Morgan fingerprint density at radius 1 is 1.26 bits per heavy atom. The predicted octanol–water partition coefficient (Wildman–Crippen LogP) is -0.579. The van der Waals surface area contributed by atoms with E-state index in [1.165, 1.54) is 0 Å². The van der Waals surface area contributed by atoms with E-state index in [0.29, 0.717) is 17.0 Å². The summed E-state index contributed by atoms with van der Waals surface area (Å²) in [6.07, 6.45) is 1.48. The van der Waals surface area contributed by atoms with Crippen LogP contribution < -0.4 is 10.6 Å². The molecule has 0 aliphatic carbocycles. The third kappa shape index (κ3) is 5.00. The van der Waals surface area contributed by atoms with Gasteiger partial charge in [0.05, 0.1) is 12.2 Å². The molecule has 0 fully saturated rings. The second-order valence-electron chi connectivity index (χ2n) is 3.65. The van der Waals surface area contributed by atoms with Crippen LogP contribution in [0.2, 0.25) is 0 Å². The maximum absolute atomic E-state index is 11.8. The molecule has 0 bridgehead atoms. The number of aromatic nitrogens is 2. The van der Waals surface area contributed by atoms with Crippen molar-refractivity contribution in [1.82, 2.24) is 20.2 Å². The molecule has 104 valence electrons. The van der Waals surface area contributed by atoms with Crippen molar-refractivity contribution in [3.8, 4) is 0 Å². The third-order valence-corrected chi connectivity index (χ3v) is 2.86. The number of carbonyl (C=O) groups excluding carboxylic acids is 2. The zero-order valence-electron chi connectivity index (χ0n) is 10.3. The molecule has 0 radical (unpaired) electrons. The summed E-state index contributed by atoms with van der Waals surface area (Å²) in [7, 11) is 0. The van der Waals surface area contributed by atoms with Gasteiger partial charge in [0.25, 0.3) is 5.91 Å². The van der Waals surface area contributed by atoms with Gasteiger partial charge in [-0.2, -0.15) is 0 Å². The fourth-order valence-corrected chi connectivity index (χ4v) is 1.88. The van der Waals surface area contributed by atoms with Gasteiger partial charge >= 0.3 is 5.97 Å². The molecule has 8 nitrogen and oxygen atoms in total. The lowest BCUT2D eigenvalue weighted by atomic mass is 10.2. The zero-order chi connectivity index (χ0) is 14.3. The summed E-state index contributed by atoms with van der Waals surface area (Å²) in [6, 6.07) is 0. The van der Waals surface area contributed by atoms with E-state index in [1.54, 1.807) is 0 Å². The lowest BCUT2D eigenvalue weighted by molar-refractivity contribution is -0.137. The fraction of sp³-hybridized carbons (Fsp3) is 0.500. The van der Waals surface area contributed by atoms with Crippen molar-refractivity contribution in [2.75, 3.05) is 13.1 Å². The van der Waals surface area contributed by atoms with E-state index in [9.17, 15) is 14.4 Å². The lowest BCUT2D eigenvalue weighted by Gasteiger charge is -2.04. The molecule has 0 aliphatic heterocycles. The van der Waals surface area contributed by atoms with Crippen molar-refractivity contribution in [3.05, 3.63) is 10.6 Å². The first-order valence-electron chi connectivity index (χ1n) is 5.62. The number of carboxylic acids is 1. The van der Waals surface area contributed by atoms with Crippen molar-refractivity contribution in [2.45, 2.75) is 19.8 Å². The number of carbonyl (C=O) groups is 3. The highest BCUT2D eigenvalue weighted by Crippen LogP contribution is 2.11. The zero-order valence-corrected chi connectivity index (χ0v) is 11.1. The number of aliphatic carboxylic acids is 1. The van der Waals surface area contributed by atoms with Gasteiger partial charge in [-0.05, 0) is 18.0 Å². The molecule has 9 heteroatoms. The number of nitrogens with zero attached hydrogens (tertiary/aromatic N) is 2. The van der Waals surface area contributed by atoms with E-state index in [0.717, 1.165) is 18.0 Å². The summed E-state index contributed by atoms with van der Waals surface area (Å²) in [5, 5.41) is 16.7. The van der Waals surface area contributed by atoms with Gasteiger partial charge in [0, 0.05) is 0 Å². The Morgan fingerprint density at radius 2 is 2.00 bits per heavy atom. The van der Waals surface area contributed by atoms with Crippen molar-refractivity contribution >= 4 is 29.3 Å². The maximum atomic E-state index is 11.8. The van der Waals surface area contributed by atoms with Crippen molar-refractivity contribution < 1.29 is 19.5 Å². The van der Waals surface area contributed by atoms with Crippen molar-refractivity contribution in [2.24, 2.45) is 0 Å². The molecule has 19 heavy (non-hydrogen) atoms. The van der Waals surface area contributed by atoms with Crippen molar-refractivity contribution in [3.63, 3.8) is 0 Å². The summed E-state index contributed by atoms with van der Waals surface area (Å²) in [4.78, 5) is 33.6. The van der Waals surface area contributed by atoms with Gasteiger partial charge < -0.3 is 15.7 Å². The van der Waals surface area contributed by atoms with Crippen LogP contribution in [0.1, 0.15) is 28.7 Å². The minimum absolute atomic E-state index is 0.282. The normalized spacial score (nSPS) is 9.95. The monoisotopic (exact) mass is 286 g/mol. The Morgan fingerprint density at radius 3 is 2.63 bits per heavy atom. The number of hydrogen-bond acceptors (Lipinski definition) is 6. The van der Waals surface area contributed by atoms with Crippen LogP contribution >= 0.6 is 11.5 Å². The molecule has 2 amide bonds. The first-order valence-corrected chi connectivity index (χ1v) is 6.39. The molecular weight excluding hydrogens is 272 g/mol. The fourth-order valence-electron chi connectivity index (χ4n) is 1.26. The molecule has 0 aliphatic rings. The van der Waals surface area contributed by atoms with Crippen LogP contribution in [0, 0.1) is 0 Å². The second-order valence-corrected chi connectivity index (χ2v) is 4.41. The predicted molar refractivity (Wildman–Crippen MR) is 66.9 cm³/mol. The molecule has 1 heterocycles. The summed E-state index contributed by atoms with van der Waals surface area (Å²) < 4.78 is 3.70. The van der Waals surface area contributed by atoms with E-state index in [1.807, 2.05) is 6.92 Å². The molecule has 0 saturated heterocycles. The largest absolute Gasteiger partial charge is 0.480 e. The van der Waals surface area contributed by atoms with E-state index in [-0.39, 0.29) is 6.54 Å². The number of carboxylic acid groups (broad SMARTS) is 1. The molecule has 0 spiro atoms. The smallest absolute Gasteiger partial charge is 0.322 e. The number of nitrogens with one attached hydrogen (secondary N) is 2. The van der Waals surface area contributed by atoms with Gasteiger partial charge in [-0.3, -0.25) is 14.4 Å². The SMILES string of the molecule is CCCc1nnsc1C(=O)NCC(=O)NCC(=O)O. The first-order chi connectivity index (χ1) is 9.04. The molecular formula is C10H14N4O4S. The summed E-state index contributed by atoms with van der Waals surface area (Å²) >= 11 is 0.969. The first kappa shape index (κ1) is 15.0. The number of hydrogen-bond donors (Lipinski definition) is 3. The van der Waals surface area contributed by atoms with E-state index < -0.39 is 24.3 Å². The Labute approximate surface area is 113 Å². The van der Waals surface area contributed by atoms with Gasteiger partial charge in [0.15, 0.2) is 0 Å². The summed E-state index contributed by atoms with van der Waals surface area (Å²) in [5.74, 6) is -2.13. The molecule has 0 atom stereocenters. The Bertz CT molecular complexity index is 474. The highest BCUT2D eigenvalue weighted by molar-refractivity contribution is 7.08. The number of rotatable bonds is 7. The van der Waals surface area contributed by atoms with Crippen molar-refractivity contribution in [1.29, 1.82) is 0 Å². The Hall–Kier alpha value is -2.03. The molecule has 0 aromatic carbocycles. The van der Waals surface area contributed by atoms with Crippen LogP contribution in [0.15, 0.2) is 0 Å². The van der Waals surface area contributed by atoms with Crippen LogP contribution in [-0.4, -0.2) is 45.6 Å². The van der Waals surface area contributed by atoms with Crippen LogP contribution in [0.25, 0.3) is 0 Å². The van der Waals surface area contributed by atoms with E-state index >= 15 is 0 Å². The molecule has 1 rings (SSSR count). The second kappa shape index (κ2) is 7.41.